The summed E-state index contributed by atoms with van der Waals surface area (Å²) in [5, 5.41) is 0.748. The van der Waals surface area contributed by atoms with Gasteiger partial charge in [-0.25, -0.2) is 0 Å². The molecular weight excluding hydrogens is 258 g/mol. The maximum atomic E-state index is 12.5. The lowest BCUT2D eigenvalue weighted by molar-refractivity contribution is -0.141. The number of carbonyl (C=O) groups excluding carboxylic acids is 2. The molecule has 2 rings (SSSR count). The Morgan fingerprint density at radius 3 is 2.80 bits per heavy atom. The van der Waals surface area contributed by atoms with Crippen molar-refractivity contribution in [3.63, 3.8) is 0 Å². The van der Waals surface area contributed by atoms with Crippen LogP contribution >= 0.6 is 0 Å². The Morgan fingerprint density at radius 1 is 1.40 bits per heavy atom. The number of aromatic amines is 1. The molecule has 6 heteroatoms. The molecule has 0 aliphatic heterocycles. The Labute approximate surface area is 116 Å². The van der Waals surface area contributed by atoms with E-state index in [4.69, 9.17) is 5.73 Å². The molecule has 0 unspecified atom stereocenters. The molecule has 0 saturated heterocycles. The van der Waals surface area contributed by atoms with Crippen LogP contribution in [0.3, 0.4) is 0 Å². The molecule has 1 amide bonds. The number of hydrogen-bond donors (Lipinski definition) is 2. The normalized spacial score (nSPS) is 10.5. The van der Waals surface area contributed by atoms with Crippen molar-refractivity contribution < 1.29 is 14.3 Å². The van der Waals surface area contributed by atoms with E-state index >= 15 is 0 Å². The zero-order valence-electron chi connectivity index (χ0n) is 11.5. The SMILES string of the molecule is CCN(CC(=O)OC)C(=O)c1c[nH]c2ccc(N)cc12. The molecule has 0 aliphatic carbocycles. The van der Waals surface area contributed by atoms with Crippen LogP contribution in [0, 0.1) is 0 Å². The smallest absolute Gasteiger partial charge is 0.325 e. The summed E-state index contributed by atoms with van der Waals surface area (Å²) in [5.74, 6) is -0.672. The van der Waals surface area contributed by atoms with E-state index in [0.29, 0.717) is 17.8 Å². The van der Waals surface area contributed by atoms with Crippen molar-refractivity contribution in [1.82, 2.24) is 9.88 Å². The van der Waals surface area contributed by atoms with Gasteiger partial charge in [-0.15, -0.1) is 0 Å². The Morgan fingerprint density at radius 2 is 2.15 bits per heavy atom. The quantitative estimate of drug-likeness (QED) is 0.652. The minimum Gasteiger partial charge on any atom is -0.468 e. The van der Waals surface area contributed by atoms with E-state index in [0.717, 1.165) is 10.9 Å². The van der Waals surface area contributed by atoms with E-state index in [2.05, 4.69) is 9.72 Å². The number of rotatable bonds is 4. The fraction of sp³-hybridized carbons (Fsp3) is 0.286. The summed E-state index contributed by atoms with van der Waals surface area (Å²) in [6.45, 7) is 2.16. The van der Waals surface area contributed by atoms with Gasteiger partial charge in [0.15, 0.2) is 0 Å². The molecule has 0 bridgehead atoms. The van der Waals surface area contributed by atoms with Gasteiger partial charge < -0.3 is 20.4 Å². The van der Waals surface area contributed by atoms with Crippen molar-refractivity contribution in [1.29, 1.82) is 0 Å². The second-order valence-electron chi connectivity index (χ2n) is 4.40. The molecule has 1 aromatic carbocycles. The molecule has 6 nitrogen and oxygen atoms in total. The monoisotopic (exact) mass is 275 g/mol. The lowest BCUT2D eigenvalue weighted by atomic mass is 10.1. The van der Waals surface area contributed by atoms with E-state index in [1.807, 2.05) is 13.0 Å². The number of hydrogen-bond acceptors (Lipinski definition) is 4. The molecule has 1 heterocycles. The first-order valence-corrected chi connectivity index (χ1v) is 6.29. The van der Waals surface area contributed by atoms with E-state index < -0.39 is 5.97 Å². The Kier molecular flexibility index (Phi) is 3.93. The Hall–Kier alpha value is -2.50. The van der Waals surface area contributed by atoms with Crippen LogP contribution < -0.4 is 5.73 Å². The van der Waals surface area contributed by atoms with Crippen LogP contribution in [0.15, 0.2) is 24.4 Å². The van der Waals surface area contributed by atoms with Gasteiger partial charge in [0.2, 0.25) is 0 Å². The van der Waals surface area contributed by atoms with Crippen molar-refractivity contribution in [3.05, 3.63) is 30.0 Å². The number of carbonyl (C=O) groups is 2. The van der Waals surface area contributed by atoms with Crippen LogP contribution in [0.5, 0.6) is 0 Å². The van der Waals surface area contributed by atoms with Gasteiger partial charge in [-0.05, 0) is 25.1 Å². The second-order valence-corrected chi connectivity index (χ2v) is 4.40. The number of H-pyrrole nitrogens is 1. The predicted molar refractivity (Wildman–Crippen MR) is 76.3 cm³/mol. The standard InChI is InChI=1S/C14H17N3O3/c1-3-17(8-13(18)20-2)14(19)11-7-16-12-5-4-9(15)6-10(11)12/h4-7,16H,3,8,15H2,1-2H3. The molecule has 0 fully saturated rings. The third-order valence-corrected chi connectivity index (χ3v) is 3.15. The van der Waals surface area contributed by atoms with Crippen LogP contribution in [0.1, 0.15) is 17.3 Å². The van der Waals surface area contributed by atoms with E-state index in [9.17, 15) is 9.59 Å². The highest BCUT2D eigenvalue weighted by Crippen LogP contribution is 2.22. The van der Waals surface area contributed by atoms with Crippen molar-refractivity contribution in [2.75, 3.05) is 25.9 Å². The van der Waals surface area contributed by atoms with Crippen LogP contribution in [0.25, 0.3) is 10.9 Å². The zero-order chi connectivity index (χ0) is 14.7. The Balaban J connectivity index is 2.34. The predicted octanol–water partition coefficient (Wildman–Crippen LogP) is 1.39. The summed E-state index contributed by atoms with van der Waals surface area (Å²) < 4.78 is 4.60. The van der Waals surface area contributed by atoms with Crippen LogP contribution in [-0.4, -0.2) is 42.0 Å². The van der Waals surface area contributed by atoms with Crippen LogP contribution in [-0.2, 0) is 9.53 Å². The molecule has 0 spiro atoms. The van der Waals surface area contributed by atoms with Gasteiger partial charge in [0.1, 0.15) is 6.54 Å². The van der Waals surface area contributed by atoms with E-state index in [1.165, 1.54) is 12.0 Å². The molecule has 0 saturated carbocycles. The third kappa shape index (κ3) is 2.59. The van der Waals surface area contributed by atoms with Crippen LogP contribution in [0.2, 0.25) is 0 Å². The van der Waals surface area contributed by atoms with Gasteiger partial charge in [-0.1, -0.05) is 0 Å². The molecule has 0 radical (unpaired) electrons. The summed E-state index contributed by atoms with van der Waals surface area (Å²) >= 11 is 0. The average molecular weight is 275 g/mol. The maximum absolute atomic E-state index is 12.5. The topological polar surface area (TPSA) is 88.4 Å². The summed E-state index contributed by atoms with van der Waals surface area (Å²) in [4.78, 5) is 28.3. The molecule has 20 heavy (non-hydrogen) atoms. The van der Waals surface area contributed by atoms with E-state index in [-0.39, 0.29) is 12.5 Å². The second kappa shape index (κ2) is 5.64. The number of nitrogens with zero attached hydrogens (tertiary/aromatic N) is 1. The fourth-order valence-electron chi connectivity index (χ4n) is 2.03. The minimum atomic E-state index is -0.445. The molecule has 0 aliphatic rings. The van der Waals surface area contributed by atoms with Crippen molar-refractivity contribution in [3.8, 4) is 0 Å². The minimum absolute atomic E-state index is 0.0686. The lowest BCUT2D eigenvalue weighted by Gasteiger charge is -2.18. The number of nitrogen functional groups attached to an aromatic ring is 1. The number of nitrogens with two attached hydrogens (primary N) is 1. The first kappa shape index (κ1) is 13.9. The van der Waals surface area contributed by atoms with Crippen molar-refractivity contribution >= 4 is 28.5 Å². The van der Waals surface area contributed by atoms with Gasteiger partial charge in [0.05, 0.1) is 12.7 Å². The number of anilines is 1. The van der Waals surface area contributed by atoms with Crippen molar-refractivity contribution in [2.45, 2.75) is 6.92 Å². The molecule has 0 atom stereocenters. The lowest BCUT2D eigenvalue weighted by Crippen LogP contribution is -2.35. The first-order chi connectivity index (χ1) is 9.56. The highest BCUT2D eigenvalue weighted by molar-refractivity contribution is 6.08. The third-order valence-electron chi connectivity index (χ3n) is 3.15. The van der Waals surface area contributed by atoms with Gasteiger partial charge in [0, 0.05) is 29.3 Å². The van der Waals surface area contributed by atoms with Gasteiger partial charge >= 0.3 is 5.97 Å². The van der Waals surface area contributed by atoms with Crippen molar-refractivity contribution in [2.24, 2.45) is 0 Å². The fourth-order valence-corrected chi connectivity index (χ4v) is 2.03. The summed E-state index contributed by atoms with van der Waals surface area (Å²) in [6.07, 6.45) is 1.63. The number of methoxy groups -OCH3 is 1. The number of esters is 1. The highest BCUT2D eigenvalue weighted by atomic mass is 16.5. The van der Waals surface area contributed by atoms with E-state index in [1.54, 1.807) is 18.3 Å². The maximum Gasteiger partial charge on any atom is 0.325 e. The van der Waals surface area contributed by atoms with Gasteiger partial charge in [-0.3, -0.25) is 9.59 Å². The summed E-state index contributed by atoms with van der Waals surface area (Å²) in [6, 6.07) is 5.32. The average Bonchev–Trinajstić information content (AvgIpc) is 2.86. The number of ether oxygens (including phenoxy) is 1. The van der Waals surface area contributed by atoms with Gasteiger partial charge in [0.25, 0.3) is 5.91 Å². The Bertz CT molecular complexity index is 648. The number of aromatic nitrogens is 1. The number of benzene rings is 1. The number of nitrogens with one attached hydrogen (secondary N) is 1. The molecule has 1 aromatic heterocycles. The van der Waals surface area contributed by atoms with Crippen LogP contribution in [0.4, 0.5) is 5.69 Å². The first-order valence-electron chi connectivity index (χ1n) is 6.29. The summed E-state index contributed by atoms with van der Waals surface area (Å²) in [7, 11) is 1.30. The number of amides is 1. The zero-order valence-corrected chi connectivity index (χ0v) is 11.5. The molecule has 106 valence electrons. The molecule has 3 N–H and O–H groups in total. The highest BCUT2D eigenvalue weighted by Gasteiger charge is 2.20. The molecule has 2 aromatic rings. The number of likely N-dealkylation sites (N-methyl/N-ethyl adjacent to an activating group) is 1. The number of fused-ring (bicyclic) bond motifs is 1. The summed E-state index contributed by atoms with van der Waals surface area (Å²) in [5.41, 5.74) is 7.66. The largest absolute Gasteiger partial charge is 0.468 e. The molecular formula is C14H17N3O3. The van der Waals surface area contributed by atoms with Gasteiger partial charge in [-0.2, -0.15) is 0 Å².